The van der Waals surface area contributed by atoms with Crippen LogP contribution in [-0.4, -0.2) is 41.8 Å². The second-order valence-electron chi connectivity index (χ2n) is 7.97. The van der Waals surface area contributed by atoms with E-state index in [1.807, 2.05) is 39.0 Å². The normalized spacial score (nSPS) is 18.0. The number of hydrogen-bond acceptors (Lipinski definition) is 5. The molecule has 1 fully saturated rings. The van der Waals surface area contributed by atoms with E-state index in [0.717, 1.165) is 10.8 Å². The number of nitrogens with zero attached hydrogens (tertiary/aromatic N) is 2. The molecule has 0 spiro atoms. The van der Waals surface area contributed by atoms with Gasteiger partial charge in [0.25, 0.3) is 0 Å². The molecular weight excluding hydrogens is 307 g/mol. The lowest BCUT2D eigenvalue weighted by Crippen LogP contribution is -2.47. The standard InChI is InChI=1S/C17H23BN2O4/c1-16(2,3)24-15(21)20-14-7-6-13(8-12(14)9-19-20)18-22-10-17(4,5)11-23-18/h6-9H,10-11H2,1-5H3. The summed E-state index contributed by atoms with van der Waals surface area (Å²) < 4.78 is 18.3. The number of hydrogen-bond donors (Lipinski definition) is 0. The average Bonchev–Trinajstić information content (AvgIpc) is 2.88. The summed E-state index contributed by atoms with van der Waals surface area (Å²) >= 11 is 0. The molecule has 0 amide bonds. The highest BCUT2D eigenvalue weighted by Gasteiger charge is 2.33. The minimum Gasteiger partial charge on any atom is -0.442 e. The van der Waals surface area contributed by atoms with Crippen molar-refractivity contribution in [1.29, 1.82) is 0 Å². The Hall–Kier alpha value is -1.86. The van der Waals surface area contributed by atoms with Crippen LogP contribution in [0.15, 0.2) is 24.4 Å². The minimum atomic E-state index is -0.564. The first-order chi connectivity index (χ1) is 11.1. The Morgan fingerprint density at radius 2 is 1.96 bits per heavy atom. The molecule has 0 aliphatic carbocycles. The second-order valence-corrected chi connectivity index (χ2v) is 7.97. The maximum absolute atomic E-state index is 12.2. The Morgan fingerprint density at radius 3 is 2.58 bits per heavy atom. The summed E-state index contributed by atoms with van der Waals surface area (Å²) in [5.74, 6) is 0. The fourth-order valence-electron chi connectivity index (χ4n) is 2.53. The van der Waals surface area contributed by atoms with E-state index in [4.69, 9.17) is 14.0 Å². The van der Waals surface area contributed by atoms with Gasteiger partial charge in [-0.05, 0) is 32.3 Å². The molecule has 2 heterocycles. The molecule has 0 radical (unpaired) electrons. The lowest BCUT2D eigenvalue weighted by Gasteiger charge is -2.33. The topological polar surface area (TPSA) is 62.6 Å². The summed E-state index contributed by atoms with van der Waals surface area (Å²) in [6.07, 6.45) is 1.16. The van der Waals surface area contributed by atoms with Crippen molar-refractivity contribution in [3.05, 3.63) is 24.4 Å². The zero-order valence-corrected chi connectivity index (χ0v) is 14.8. The molecule has 0 N–H and O–H groups in total. The molecule has 6 nitrogen and oxygen atoms in total. The van der Waals surface area contributed by atoms with E-state index in [0.29, 0.717) is 18.7 Å². The highest BCUT2D eigenvalue weighted by Crippen LogP contribution is 2.22. The van der Waals surface area contributed by atoms with Gasteiger partial charge in [-0.3, -0.25) is 0 Å². The summed E-state index contributed by atoms with van der Waals surface area (Å²) in [7, 11) is -0.382. The summed E-state index contributed by atoms with van der Waals surface area (Å²) in [6.45, 7) is 11.0. The minimum absolute atomic E-state index is 0.0300. The number of rotatable bonds is 1. The van der Waals surface area contributed by atoms with Crippen LogP contribution in [0, 0.1) is 5.41 Å². The van der Waals surface area contributed by atoms with Crippen molar-refractivity contribution < 1.29 is 18.8 Å². The summed E-state index contributed by atoms with van der Waals surface area (Å²) in [5.41, 5.74) is 1.08. The Bertz CT molecular complexity index is 754. The molecule has 0 bridgehead atoms. The van der Waals surface area contributed by atoms with Crippen LogP contribution in [0.25, 0.3) is 10.9 Å². The highest BCUT2D eigenvalue weighted by atomic mass is 16.6. The van der Waals surface area contributed by atoms with E-state index >= 15 is 0 Å². The Labute approximate surface area is 142 Å². The molecule has 1 aromatic carbocycles. The van der Waals surface area contributed by atoms with Gasteiger partial charge >= 0.3 is 13.2 Å². The third-order valence-electron chi connectivity index (χ3n) is 3.68. The number of carbonyl (C=O) groups is 1. The van der Waals surface area contributed by atoms with E-state index in [-0.39, 0.29) is 12.5 Å². The van der Waals surface area contributed by atoms with Gasteiger partial charge in [0.2, 0.25) is 0 Å². The molecule has 0 atom stereocenters. The van der Waals surface area contributed by atoms with Crippen LogP contribution in [-0.2, 0) is 14.0 Å². The number of aromatic nitrogens is 2. The first-order valence-electron chi connectivity index (χ1n) is 8.09. The average molecular weight is 330 g/mol. The van der Waals surface area contributed by atoms with E-state index in [1.165, 1.54) is 4.68 Å². The molecule has 24 heavy (non-hydrogen) atoms. The van der Waals surface area contributed by atoms with Crippen LogP contribution in [0.2, 0.25) is 0 Å². The van der Waals surface area contributed by atoms with Crippen molar-refractivity contribution in [2.24, 2.45) is 5.41 Å². The van der Waals surface area contributed by atoms with Gasteiger partial charge in [-0.1, -0.05) is 26.0 Å². The molecule has 128 valence electrons. The smallest absolute Gasteiger partial charge is 0.442 e. The zero-order valence-electron chi connectivity index (χ0n) is 14.8. The quantitative estimate of drug-likeness (QED) is 0.752. The molecule has 7 heteroatoms. The van der Waals surface area contributed by atoms with Crippen molar-refractivity contribution in [1.82, 2.24) is 9.78 Å². The summed E-state index contributed by atoms with van der Waals surface area (Å²) in [5, 5.41) is 4.99. The number of benzene rings is 1. The third-order valence-corrected chi connectivity index (χ3v) is 3.68. The maximum atomic E-state index is 12.2. The monoisotopic (exact) mass is 330 g/mol. The highest BCUT2D eigenvalue weighted by molar-refractivity contribution is 6.61. The fraction of sp³-hybridized carbons (Fsp3) is 0.529. The molecule has 2 aromatic rings. The van der Waals surface area contributed by atoms with E-state index in [2.05, 4.69) is 18.9 Å². The van der Waals surface area contributed by atoms with Crippen molar-refractivity contribution in [2.45, 2.75) is 40.2 Å². The van der Waals surface area contributed by atoms with E-state index in [9.17, 15) is 4.79 Å². The molecular formula is C17H23BN2O4. The van der Waals surface area contributed by atoms with Crippen LogP contribution in [0.5, 0.6) is 0 Å². The van der Waals surface area contributed by atoms with Crippen molar-refractivity contribution >= 4 is 29.6 Å². The van der Waals surface area contributed by atoms with Crippen molar-refractivity contribution in [3.8, 4) is 0 Å². The predicted molar refractivity (Wildman–Crippen MR) is 92.4 cm³/mol. The van der Waals surface area contributed by atoms with Crippen LogP contribution in [0.3, 0.4) is 0 Å². The molecule has 3 rings (SSSR count). The van der Waals surface area contributed by atoms with Gasteiger partial charge < -0.3 is 14.0 Å². The Morgan fingerprint density at radius 1 is 1.29 bits per heavy atom. The number of fused-ring (bicyclic) bond motifs is 1. The van der Waals surface area contributed by atoms with Gasteiger partial charge in [-0.25, -0.2) is 4.79 Å². The number of carbonyl (C=O) groups excluding carboxylic acids is 1. The van der Waals surface area contributed by atoms with Gasteiger partial charge in [0.05, 0.1) is 11.7 Å². The first kappa shape index (κ1) is 17.0. The fourth-order valence-corrected chi connectivity index (χ4v) is 2.53. The van der Waals surface area contributed by atoms with Crippen molar-refractivity contribution in [2.75, 3.05) is 13.2 Å². The van der Waals surface area contributed by atoms with Gasteiger partial charge in [0.1, 0.15) is 5.60 Å². The van der Waals surface area contributed by atoms with Gasteiger partial charge in [-0.15, -0.1) is 0 Å². The number of ether oxygens (including phenoxy) is 1. The largest absolute Gasteiger partial charge is 0.493 e. The Kier molecular flexibility index (Phi) is 4.17. The van der Waals surface area contributed by atoms with Crippen molar-refractivity contribution in [3.63, 3.8) is 0 Å². The lowest BCUT2D eigenvalue weighted by molar-refractivity contribution is 0.0343. The van der Waals surface area contributed by atoms with Crippen LogP contribution in [0.4, 0.5) is 4.79 Å². The molecule has 0 unspecified atom stereocenters. The molecule has 1 aliphatic heterocycles. The summed E-state index contributed by atoms with van der Waals surface area (Å²) in [4.78, 5) is 12.2. The van der Waals surface area contributed by atoms with Crippen LogP contribution >= 0.6 is 0 Å². The molecule has 1 saturated heterocycles. The molecule has 0 saturated carbocycles. The predicted octanol–water partition coefficient (Wildman–Crippen LogP) is 2.59. The van der Waals surface area contributed by atoms with Gasteiger partial charge in [-0.2, -0.15) is 9.78 Å². The lowest BCUT2D eigenvalue weighted by atomic mass is 9.75. The van der Waals surface area contributed by atoms with Gasteiger partial charge in [0, 0.05) is 24.0 Å². The second kappa shape index (κ2) is 5.90. The first-order valence-corrected chi connectivity index (χ1v) is 8.09. The van der Waals surface area contributed by atoms with Gasteiger partial charge in [0.15, 0.2) is 0 Å². The molecule has 1 aliphatic rings. The van der Waals surface area contributed by atoms with Crippen LogP contribution < -0.4 is 5.46 Å². The SMILES string of the molecule is CC1(C)COB(c2ccc3c(cnn3C(=O)OC(C)(C)C)c2)OC1. The van der Waals surface area contributed by atoms with E-state index < -0.39 is 11.7 Å². The third kappa shape index (κ3) is 3.62. The zero-order chi connectivity index (χ0) is 17.5. The maximum Gasteiger partial charge on any atom is 0.493 e. The van der Waals surface area contributed by atoms with E-state index in [1.54, 1.807) is 6.20 Å². The molecule has 1 aromatic heterocycles. The van der Waals surface area contributed by atoms with Crippen LogP contribution in [0.1, 0.15) is 34.6 Å². The Balaban J connectivity index is 1.82. The summed E-state index contributed by atoms with van der Waals surface area (Å²) in [6, 6.07) is 5.67.